The summed E-state index contributed by atoms with van der Waals surface area (Å²) < 4.78 is 0. The Balaban J connectivity index is 0.000000963. The SMILES string of the molecule is C.C.C1=C2CCC3CCCCC3CC(CC1)C2.[B]. The van der Waals surface area contributed by atoms with Gasteiger partial charge in [-0.1, -0.05) is 52.2 Å². The maximum absolute atomic E-state index is 2.56. The third-order valence-corrected chi connectivity index (χ3v) is 5.10. The first kappa shape index (κ1) is 17.8. The van der Waals surface area contributed by atoms with Gasteiger partial charge < -0.3 is 0 Å². The lowest BCUT2D eigenvalue weighted by Crippen LogP contribution is -2.25. The Bertz CT molecular complexity index is 256. The molecule has 18 heavy (non-hydrogen) atoms. The van der Waals surface area contributed by atoms with Crippen LogP contribution in [0.2, 0.25) is 0 Å². The van der Waals surface area contributed by atoms with Gasteiger partial charge in [0.15, 0.2) is 0 Å². The average Bonchev–Trinajstić information content (AvgIpc) is 2.27. The highest BCUT2D eigenvalue weighted by molar-refractivity contribution is 5.75. The lowest BCUT2D eigenvalue weighted by molar-refractivity contribution is 0.167. The molecular weight excluding hydrogens is 215 g/mol. The Labute approximate surface area is 117 Å². The predicted octanol–water partition coefficient (Wildman–Crippen LogP) is 5.59. The van der Waals surface area contributed by atoms with Gasteiger partial charge in [0.2, 0.25) is 0 Å². The van der Waals surface area contributed by atoms with E-state index in [2.05, 4.69) is 6.08 Å². The van der Waals surface area contributed by atoms with Crippen LogP contribution in [0.5, 0.6) is 0 Å². The summed E-state index contributed by atoms with van der Waals surface area (Å²) in [7, 11) is 0. The van der Waals surface area contributed by atoms with Gasteiger partial charge in [0.05, 0.1) is 0 Å². The molecule has 103 valence electrons. The van der Waals surface area contributed by atoms with Gasteiger partial charge in [0.25, 0.3) is 0 Å². The molecule has 2 fully saturated rings. The fraction of sp³-hybridized carbons (Fsp3) is 0.882. The molecule has 2 saturated carbocycles. The smallest absolute Gasteiger partial charge is 0 e. The molecule has 0 saturated heterocycles. The second-order valence-electron chi connectivity index (χ2n) is 6.09. The number of fused-ring (bicyclic) bond motifs is 3. The largest absolute Gasteiger partial charge is 0.0853 e. The molecule has 0 nitrogen and oxygen atoms in total. The van der Waals surface area contributed by atoms with Crippen LogP contribution in [0.4, 0.5) is 0 Å². The minimum atomic E-state index is 0. The van der Waals surface area contributed by atoms with Crippen LogP contribution in [-0.2, 0) is 0 Å². The molecule has 0 amide bonds. The van der Waals surface area contributed by atoms with Crippen LogP contribution < -0.4 is 0 Å². The van der Waals surface area contributed by atoms with Gasteiger partial charge in [0, 0.05) is 8.41 Å². The maximum atomic E-state index is 2.56. The summed E-state index contributed by atoms with van der Waals surface area (Å²) in [5.41, 5.74) is 1.82. The van der Waals surface area contributed by atoms with Crippen LogP contribution in [0.3, 0.4) is 0 Å². The third-order valence-electron chi connectivity index (χ3n) is 5.10. The first-order valence-electron chi connectivity index (χ1n) is 7.10. The molecule has 3 aliphatic carbocycles. The Hall–Kier alpha value is -0.195. The summed E-state index contributed by atoms with van der Waals surface area (Å²) in [6.45, 7) is 0. The van der Waals surface area contributed by atoms with E-state index in [1.165, 1.54) is 44.9 Å². The molecule has 1 heteroatoms. The van der Waals surface area contributed by atoms with Crippen molar-refractivity contribution in [1.29, 1.82) is 0 Å². The number of hydrogen-bond acceptors (Lipinski definition) is 0. The van der Waals surface area contributed by atoms with Crippen molar-refractivity contribution in [2.24, 2.45) is 17.8 Å². The van der Waals surface area contributed by atoms with Gasteiger partial charge in [0.1, 0.15) is 0 Å². The zero-order valence-electron chi connectivity index (χ0n) is 10.5. The van der Waals surface area contributed by atoms with E-state index in [9.17, 15) is 0 Å². The number of allylic oxidation sites excluding steroid dienone is 2. The molecule has 0 aliphatic heterocycles. The molecule has 3 rings (SSSR count). The molecule has 3 aliphatic rings. The predicted molar refractivity (Wildman–Crippen MR) is 83.9 cm³/mol. The monoisotopic (exact) mass is 247 g/mol. The fourth-order valence-corrected chi connectivity index (χ4v) is 4.26. The van der Waals surface area contributed by atoms with E-state index in [1.54, 1.807) is 19.3 Å². The van der Waals surface area contributed by atoms with E-state index in [0.29, 0.717) is 0 Å². The first-order chi connectivity index (χ1) is 7.42. The van der Waals surface area contributed by atoms with Crippen LogP contribution in [0, 0.1) is 17.8 Å². The van der Waals surface area contributed by atoms with Crippen molar-refractivity contribution >= 4 is 8.41 Å². The van der Waals surface area contributed by atoms with Crippen molar-refractivity contribution in [3.63, 3.8) is 0 Å². The molecule has 0 aromatic rings. The summed E-state index contributed by atoms with van der Waals surface area (Å²) in [5.74, 6) is 3.28. The van der Waals surface area contributed by atoms with Crippen LogP contribution >= 0.6 is 0 Å². The van der Waals surface area contributed by atoms with Crippen molar-refractivity contribution in [2.75, 3.05) is 0 Å². The number of rotatable bonds is 0. The summed E-state index contributed by atoms with van der Waals surface area (Å²) >= 11 is 0. The molecular formula is C17H32B. The summed E-state index contributed by atoms with van der Waals surface area (Å²) in [4.78, 5) is 0. The van der Waals surface area contributed by atoms with E-state index in [4.69, 9.17) is 0 Å². The molecule has 0 spiro atoms. The van der Waals surface area contributed by atoms with Crippen molar-refractivity contribution in [3.8, 4) is 0 Å². The van der Waals surface area contributed by atoms with E-state index in [1.807, 2.05) is 5.57 Å². The molecule has 3 unspecified atom stereocenters. The van der Waals surface area contributed by atoms with Crippen molar-refractivity contribution in [1.82, 2.24) is 0 Å². The molecule has 0 N–H and O–H groups in total. The lowest BCUT2D eigenvalue weighted by Gasteiger charge is -2.38. The topological polar surface area (TPSA) is 0 Å². The maximum Gasteiger partial charge on any atom is 0 e. The Morgan fingerprint density at radius 3 is 2.39 bits per heavy atom. The van der Waals surface area contributed by atoms with Crippen LogP contribution in [0.15, 0.2) is 11.6 Å². The van der Waals surface area contributed by atoms with E-state index in [0.717, 1.165) is 17.8 Å². The van der Waals surface area contributed by atoms with E-state index < -0.39 is 0 Å². The second-order valence-corrected chi connectivity index (χ2v) is 6.09. The van der Waals surface area contributed by atoms with E-state index in [-0.39, 0.29) is 23.3 Å². The molecule has 0 aromatic heterocycles. The molecule has 3 atom stereocenters. The fourth-order valence-electron chi connectivity index (χ4n) is 4.26. The second kappa shape index (κ2) is 8.07. The average molecular weight is 247 g/mol. The standard InChI is InChI=1S/C15H24.2CH4.B/c1-2-7-15-11-13-5-3-4-12(10-13)8-9-14(15)6-1;;;/h4,13-15H,1-3,5-11H2;2*1H4;. The zero-order chi connectivity index (χ0) is 10.1. The molecule has 0 heterocycles. The summed E-state index contributed by atoms with van der Waals surface area (Å²) in [5, 5.41) is 0. The Morgan fingerprint density at radius 1 is 0.889 bits per heavy atom. The van der Waals surface area contributed by atoms with Crippen LogP contribution in [-0.4, -0.2) is 8.41 Å². The normalized spacial score (nSPS) is 34.2. The summed E-state index contributed by atoms with van der Waals surface area (Å²) in [6, 6.07) is 0. The lowest BCUT2D eigenvalue weighted by atomic mass is 9.68. The Kier molecular flexibility index (Phi) is 7.98. The van der Waals surface area contributed by atoms with Crippen LogP contribution in [0.25, 0.3) is 0 Å². The van der Waals surface area contributed by atoms with Gasteiger partial charge in [-0.2, -0.15) is 0 Å². The van der Waals surface area contributed by atoms with Crippen molar-refractivity contribution < 1.29 is 0 Å². The highest BCUT2D eigenvalue weighted by Crippen LogP contribution is 2.43. The van der Waals surface area contributed by atoms with Gasteiger partial charge in [-0.05, 0) is 56.3 Å². The van der Waals surface area contributed by atoms with Crippen molar-refractivity contribution in [2.45, 2.75) is 79.1 Å². The third kappa shape index (κ3) is 3.90. The van der Waals surface area contributed by atoms with E-state index >= 15 is 0 Å². The van der Waals surface area contributed by atoms with Crippen molar-refractivity contribution in [3.05, 3.63) is 11.6 Å². The van der Waals surface area contributed by atoms with Gasteiger partial charge in [-0.15, -0.1) is 0 Å². The Morgan fingerprint density at radius 2 is 1.61 bits per heavy atom. The van der Waals surface area contributed by atoms with Crippen LogP contribution in [0.1, 0.15) is 79.1 Å². The summed E-state index contributed by atoms with van der Waals surface area (Å²) in [6.07, 6.45) is 17.6. The van der Waals surface area contributed by atoms with Gasteiger partial charge in [-0.3, -0.25) is 0 Å². The highest BCUT2D eigenvalue weighted by Gasteiger charge is 2.30. The quantitative estimate of drug-likeness (QED) is 0.386. The molecule has 3 radical (unpaired) electrons. The first-order valence-corrected chi connectivity index (χ1v) is 7.10. The molecule has 0 aromatic carbocycles. The van der Waals surface area contributed by atoms with Gasteiger partial charge in [-0.25, -0.2) is 0 Å². The molecule has 2 bridgehead atoms. The number of hydrogen-bond donors (Lipinski definition) is 0. The minimum Gasteiger partial charge on any atom is -0.0853 e. The minimum absolute atomic E-state index is 0. The zero-order valence-corrected chi connectivity index (χ0v) is 10.5. The van der Waals surface area contributed by atoms with Gasteiger partial charge >= 0.3 is 0 Å². The highest BCUT2D eigenvalue weighted by atomic mass is 14.4.